The minimum Gasteiger partial charge on any atom is -0.358 e. The monoisotopic (exact) mass is 378 g/mol. The van der Waals surface area contributed by atoms with Crippen molar-refractivity contribution in [2.45, 2.75) is 13.1 Å². The van der Waals surface area contributed by atoms with Crippen LogP contribution in [-0.2, 0) is 6.18 Å². The average molecular weight is 379 g/mol. The zero-order valence-electron chi connectivity index (χ0n) is 13.6. The van der Waals surface area contributed by atoms with Gasteiger partial charge in [-0.3, -0.25) is 0 Å². The first-order valence-corrected chi connectivity index (χ1v) is 7.59. The second-order valence-corrected chi connectivity index (χ2v) is 5.80. The predicted molar refractivity (Wildman–Crippen MR) is 98.1 cm³/mol. The fraction of sp³-hybridized carbons (Fsp3) is 0.111. The highest BCUT2D eigenvalue weighted by Crippen LogP contribution is 2.34. The van der Waals surface area contributed by atoms with Gasteiger partial charge < -0.3 is 10.3 Å². The van der Waals surface area contributed by atoms with Crippen LogP contribution >= 0.6 is 12.4 Å². The van der Waals surface area contributed by atoms with Crippen molar-refractivity contribution in [2.24, 2.45) is 0 Å². The average Bonchev–Trinajstić information content (AvgIpc) is 3.02. The number of benzene rings is 2. The maximum absolute atomic E-state index is 12.9. The smallest absolute Gasteiger partial charge is 0.358 e. The number of hydrogen-bond acceptors (Lipinski definition) is 3. The van der Waals surface area contributed by atoms with Crippen LogP contribution in [0.3, 0.4) is 0 Å². The maximum Gasteiger partial charge on any atom is 0.416 e. The highest BCUT2D eigenvalue weighted by Gasteiger charge is 2.30. The number of pyridine rings is 1. The fourth-order valence-electron chi connectivity index (χ4n) is 2.91. The van der Waals surface area contributed by atoms with E-state index in [9.17, 15) is 13.2 Å². The summed E-state index contributed by atoms with van der Waals surface area (Å²) in [5.41, 5.74) is 3.48. The Hall–Kier alpha value is -2.80. The van der Waals surface area contributed by atoms with Crippen molar-refractivity contribution < 1.29 is 13.2 Å². The number of fused-ring (bicyclic) bond motifs is 3. The van der Waals surface area contributed by atoms with E-state index in [0.29, 0.717) is 16.9 Å². The number of aromatic nitrogens is 3. The lowest BCUT2D eigenvalue weighted by atomic mass is 10.1. The molecule has 0 aliphatic rings. The van der Waals surface area contributed by atoms with Crippen molar-refractivity contribution in [3.8, 4) is 0 Å². The van der Waals surface area contributed by atoms with Gasteiger partial charge >= 0.3 is 6.18 Å². The molecule has 4 aromatic rings. The number of nitrogens with one attached hydrogen (secondary N) is 2. The van der Waals surface area contributed by atoms with Crippen LogP contribution in [-0.4, -0.2) is 15.0 Å². The molecule has 2 aromatic carbocycles. The molecule has 0 spiro atoms. The maximum atomic E-state index is 12.9. The zero-order chi connectivity index (χ0) is 17.6. The van der Waals surface area contributed by atoms with E-state index in [2.05, 4.69) is 20.3 Å². The molecule has 134 valence electrons. The van der Waals surface area contributed by atoms with Crippen LogP contribution in [0, 0.1) is 6.92 Å². The van der Waals surface area contributed by atoms with Gasteiger partial charge in [-0.15, -0.1) is 12.4 Å². The molecule has 0 saturated heterocycles. The number of H-pyrrole nitrogens is 1. The third-order valence-electron chi connectivity index (χ3n) is 3.97. The van der Waals surface area contributed by atoms with Crippen molar-refractivity contribution in [1.29, 1.82) is 0 Å². The molecule has 0 aliphatic carbocycles. The van der Waals surface area contributed by atoms with Crippen molar-refractivity contribution >= 4 is 45.7 Å². The fourth-order valence-corrected chi connectivity index (χ4v) is 2.91. The first-order chi connectivity index (χ1) is 11.9. The van der Waals surface area contributed by atoms with Gasteiger partial charge in [-0.2, -0.15) is 13.2 Å². The van der Waals surface area contributed by atoms with E-state index >= 15 is 0 Å². The van der Waals surface area contributed by atoms with Crippen molar-refractivity contribution in [3.05, 3.63) is 60.0 Å². The largest absolute Gasteiger partial charge is 0.416 e. The molecule has 0 bridgehead atoms. The van der Waals surface area contributed by atoms with Crippen LogP contribution < -0.4 is 5.32 Å². The molecule has 4 rings (SSSR count). The Labute approximate surface area is 152 Å². The topological polar surface area (TPSA) is 53.6 Å². The Morgan fingerprint density at radius 3 is 2.62 bits per heavy atom. The number of aromatic amines is 1. The Bertz CT molecular complexity index is 1090. The molecule has 4 nitrogen and oxygen atoms in total. The number of aryl methyl sites for hydroxylation is 1. The molecular weight excluding hydrogens is 365 g/mol. The highest BCUT2D eigenvalue weighted by molar-refractivity contribution is 6.10. The molecule has 0 radical (unpaired) electrons. The molecule has 0 aliphatic heterocycles. The molecular formula is C18H14ClF3N4. The molecule has 8 heteroatoms. The lowest BCUT2D eigenvalue weighted by Crippen LogP contribution is -2.05. The number of anilines is 2. The van der Waals surface area contributed by atoms with Crippen LogP contribution in [0.2, 0.25) is 0 Å². The Morgan fingerprint density at radius 2 is 1.85 bits per heavy atom. The van der Waals surface area contributed by atoms with E-state index in [-0.39, 0.29) is 12.4 Å². The van der Waals surface area contributed by atoms with Gasteiger partial charge in [-0.25, -0.2) is 9.97 Å². The van der Waals surface area contributed by atoms with Crippen LogP contribution in [0.15, 0.2) is 48.8 Å². The normalized spacial score (nSPS) is 11.5. The quantitative estimate of drug-likeness (QED) is 0.477. The van der Waals surface area contributed by atoms with Gasteiger partial charge in [0.05, 0.1) is 16.8 Å². The standard InChI is InChI=1S/C18H13F3N4.ClH/c1-10-7-15(25-12-4-2-3-11(8-12)18(19,20)21)16-13(24-10)5-6-14-17(16)23-9-22-14;/h2-9,24-25H,1H3;1H. The number of imidazole rings is 1. The molecule has 0 amide bonds. The molecule has 0 saturated carbocycles. The number of nitrogens with zero attached hydrogens (tertiary/aromatic N) is 2. The lowest BCUT2D eigenvalue weighted by Gasteiger charge is -2.14. The Balaban J connectivity index is 0.00000196. The molecule has 2 aromatic heterocycles. The minimum atomic E-state index is -4.38. The summed E-state index contributed by atoms with van der Waals surface area (Å²) in [5, 5.41) is 3.88. The molecule has 2 N–H and O–H groups in total. The number of rotatable bonds is 2. The van der Waals surface area contributed by atoms with Crippen molar-refractivity contribution in [3.63, 3.8) is 0 Å². The van der Waals surface area contributed by atoms with Crippen LogP contribution in [0.1, 0.15) is 11.3 Å². The van der Waals surface area contributed by atoms with E-state index < -0.39 is 11.7 Å². The van der Waals surface area contributed by atoms with Gasteiger partial charge in [-0.05, 0) is 43.3 Å². The first-order valence-electron chi connectivity index (χ1n) is 7.59. The number of alkyl halides is 3. The highest BCUT2D eigenvalue weighted by atomic mass is 35.5. The van der Waals surface area contributed by atoms with Gasteiger partial charge in [0.2, 0.25) is 0 Å². The van der Waals surface area contributed by atoms with Gasteiger partial charge in [0.1, 0.15) is 11.8 Å². The number of hydrogen-bond donors (Lipinski definition) is 2. The minimum absolute atomic E-state index is 0. The first kappa shape index (κ1) is 18.0. The van der Waals surface area contributed by atoms with Crippen molar-refractivity contribution in [2.75, 3.05) is 5.32 Å². The predicted octanol–water partition coefficient (Wildman–Crippen LogP) is 5.60. The second kappa shape index (κ2) is 6.49. The Morgan fingerprint density at radius 1 is 1.04 bits per heavy atom. The van der Waals surface area contributed by atoms with E-state index in [1.54, 1.807) is 6.07 Å². The summed E-state index contributed by atoms with van der Waals surface area (Å²) in [4.78, 5) is 11.7. The molecule has 26 heavy (non-hydrogen) atoms. The molecule has 0 atom stereocenters. The molecule has 0 fully saturated rings. The summed E-state index contributed by atoms with van der Waals surface area (Å²) in [6.45, 7) is 1.89. The summed E-state index contributed by atoms with van der Waals surface area (Å²) in [5.74, 6) is 0. The van der Waals surface area contributed by atoms with Gasteiger partial charge in [0, 0.05) is 22.3 Å². The summed E-state index contributed by atoms with van der Waals surface area (Å²) in [6.07, 6.45) is -2.91. The van der Waals surface area contributed by atoms with E-state index in [1.165, 1.54) is 12.4 Å². The summed E-state index contributed by atoms with van der Waals surface area (Å²) in [6, 6.07) is 10.7. The molecule has 2 heterocycles. The van der Waals surface area contributed by atoms with Crippen LogP contribution in [0.5, 0.6) is 0 Å². The summed E-state index contributed by atoms with van der Waals surface area (Å²) < 4.78 is 38.8. The van der Waals surface area contributed by atoms with Crippen molar-refractivity contribution in [1.82, 2.24) is 15.0 Å². The summed E-state index contributed by atoms with van der Waals surface area (Å²) in [7, 11) is 0. The second-order valence-electron chi connectivity index (χ2n) is 5.80. The van der Waals surface area contributed by atoms with Crippen LogP contribution in [0.4, 0.5) is 24.5 Å². The number of halogens is 4. The van der Waals surface area contributed by atoms with E-state index in [4.69, 9.17) is 0 Å². The van der Waals surface area contributed by atoms with Gasteiger partial charge in [0.15, 0.2) is 0 Å². The zero-order valence-corrected chi connectivity index (χ0v) is 14.4. The van der Waals surface area contributed by atoms with Crippen LogP contribution in [0.25, 0.3) is 21.9 Å². The van der Waals surface area contributed by atoms with Gasteiger partial charge in [-0.1, -0.05) is 6.07 Å². The third-order valence-corrected chi connectivity index (χ3v) is 3.97. The third kappa shape index (κ3) is 3.17. The lowest BCUT2D eigenvalue weighted by molar-refractivity contribution is -0.137. The molecule has 0 unspecified atom stereocenters. The Kier molecular flexibility index (Phi) is 4.50. The van der Waals surface area contributed by atoms with E-state index in [1.807, 2.05) is 25.1 Å². The summed E-state index contributed by atoms with van der Waals surface area (Å²) >= 11 is 0. The SMILES string of the molecule is Cc1cc(Nc2cccc(C(F)(F)F)c2)c2c(ccc3ncnc32)[nH]1.Cl. The van der Waals surface area contributed by atoms with Gasteiger partial charge in [0.25, 0.3) is 0 Å². The van der Waals surface area contributed by atoms with E-state index in [0.717, 1.165) is 34.2 Å².